The average molecular weight is 518 g/mol. The summed E-state index contributed by atoms with van der Waals surface area (Å²) in [5, 5.41) is 19.3. The summed E-state index contributed by atoms with van der Waals surface area (Å²) >= 11 is 0. The third kappa shape index (κ3) is 6.65. The number of aliphatic hydroxyl groups excluding tert-OH is 2. The monoisotopic (exact) mass is 517 g/mol. The zero-order valence-electron chi connectivity index (χ0n) is 21.3. The highest BCUT2D eigenvalue weighted by atomic mass is 32.2. The summed E-state index contributed by atoms with van der Waals surface area (Å²) in [6.07, 6.45) is 1.93. The molecule has 2 aromatic rings. The van der Waals surface area contributed by atoms with Crippen molar-refractivity contribution < 1.29 is 23.4 Å². The Morgan fingerprint density at radius 1 is 0.917 bits per heavy atom. The normalized spacial score (nSPS) is 21.3. The van der Waals surface area contributed by atoms with Gasteiger partial charge in [0.2, 0.25) is 10.0 Å². The second-order valence-electron chi connectivity index (χ2n) is 9.94. The first-order chi connectivity index (χ1) is 17.2. The first-order valence-corrected chi connectivity index (χ1v) is 14.4. The van der Waals surface area contributed by atoms with Gasteiger partial charge in [0.1, 0.15) is 5.75 Å². The molecule has 2 fully saturated rings. The van der Waals surface area contributed by atoms with E-state index in [1.54, 1.807) is 12.1 Å². The van der Waals surface area contributed by atoms with E-state index in [-0.39, 0.29) is 17.1 Å². The average Bonchev–Trinajstić information content (AvgIpc) is 3.45. The van der Waals surface area contributed by atoms with Gasteiger partial charge in [0, 0.05) is 45.8 Å². The third-order valence-corrected chi connectivity index (χ3v) is 8.84. The summed E-state index contributed by atoms with van der Waals surface area (Å²) in [4.78, 5) is 4.61. The molecule has 0 bridgehead atoms. The fourth-order valence-corrected chi connectivity index (χ4v) is 6.46. The molecule has 36 heavy (non-hydrogen) atoms. The maximum Gasteiger partial charge on any atom is 0.240 e. The molecule has 2 heterocycles. The Morgan fingerprint density at radius 3 is 2.17 bits per heavy atom. The minimum absolute atomic E-state index is 0.207. The van der Waals surface area contributed by atoms with Gasteiger partial charge in [-0.2, -0.15) is 0 Å². The topological polar surface area (TPSA) is 102 Å². The van der Waals surface area contributed by atoms with Crippen molar-refractivity contribution in [1.82, 2.24) is 14.5 Å². The molecule has 198 valence electrons. The van der Waals surface area contributed by atoms with Crippen molar-refractivity contribution in [2.45, 2.75) is 50.2 Å². The second kappa shape index (κ2) is 12.0. The van der Waals surface area contributed by atoms with Crippen molar-refractivity contribution in [3.05, 3.63) is 47.5 Å². The van der Waals surface area contributed by atoms with Crippen LogP contribution in [0, 0.1) is 13.8 Å². The third-order valence-electron chi connectivity index (χ3n) is 7.24. The van der Waals surface area contributed by atoms with Crippen LogP contribution in [0.1, 0.15) is 30.4 Å². The molecular weight excluding hydrogens is 478 g/mol. The summed E-state index contributed by atoms with van der Waals surface area (Å²) in [7, 11) is -3.67. The van der Waals surface area contributed by atoms with Gasteiger partial charge in [-0.05, 0) is 67.5 Å². The van der Waals surface area contributed by atoms with Crippen LogP contribution >= 0.6 is 0 Å². The zero-order valence-corrected chi connectivity index (χ0v) is 22.1. The van der Waals surface area contributed by atoms with E-state index in [1.165, 1.54) is 0 Å². The lowest BCUT2D eigenvalue weighted by Gasteiger charge is -2.18. The lowest BCUT2D eigenvalue weighted by Crippen LogP contribution is -2.34. The Balaban J connectivity index is 1.41. The van der Waals surface area contributed by atoms with Gasteiger partial charge in [0.25, 0.3) is 0 Å². The number of aliphatic hydroxyl groups is 2. The predicted molar refractivity (Wildman–Crippen MR) is 141 cm³/mol. The van der Waals surface area contributed by atoms with Gasteiger partial charge in [-0.1, -0.05) is 24.3 Å². The SMILES string of the molecule is Cc1c(OCCCN2CCC(O)C2)cccc1-c1cccc(S(=O)(=O)NCCN2CCC(O)C2)c1C. The number of benzene rings is 2. The Kier molecular flexibility index (Phi) is 9.03. The fraction of sp³-hybridized carbons (Fsp3) is 0.556. The van der Waals surface area contributed by atoms with Crippen molar-refractivity contribution in [2.24, 2.45) is 0 Å². The largest absolute Gasteiger partial charge is 0.493 e. The Hall–Kier alpha value is -2.01. The number of ether oxygens (including phenoxy) is 1. The van der Waals surface area contributed by atoms with E-state index in [2.05, 4.69) is 14.5 Å². The standard InChI is InChI=1S/C27H39N3O5S/c1-20-24(6-3-8-26(20)35-17-5-13-29-14-10-22(31)18-29)25-7-4-9-27(21(25)2)36(33,34)28-12-16-30-15-11-23(32)19-30/h3-4,6-9,22-23,28,31-32H,5,10-19H2,1-2H3. The highest BCUT2D eigenvalue weighted by Gasteiger charge is 2.23. The summed E-state index contributed by atoms with van der Waals surface area (Å²) < 4.78 is 35.0. The molecule has 0 spiro atoms. The number of hydrogen-bond acceptors (Lipinski definition) is 7. The molecule has 3 N–H and O–H groups in total. The summed E-state index contributed by atoms with van der Waals surface area (Å²) in [6, 6.07) is 11.3. The highest BCUT2D eigenvalue weighted by Crippen LogP contribution is 2.34. The van der Waals surface area contributed by atoms with Gasteiger partial charge in [-0.3, -0.25) is 4.90 Å². The summed E-state index contributed by atoms with van der Waals surface area (Å²) in [5.74, 6) is 0.799. The lowest BCUT2D eigenvalue weighted by atomic mass is 9.96. The van der Waals surface area contributed by atoms with E-state index in [1.807, 2.05) is 38.1 Å². The molecular formula is C27H39N3O5S. The molecule has 2 saturated heterocycles. The minimum atomic E-state index is -3.67. The van der Waals surface area contributed by atoms with Crippen LogP contribution in [0.4, 0.5) is 0 Å². The summed E-state index contributed by atoms with van der Waals surface area (Å²) in [5.41, 5.74) is 3.51. The molecule has 0 aromatic heterocycles. The zero-order chi connectivity index (χ0) is 25.7. The maximum absolute atomic E-state index is 13.1. The number of sulfonamides is 1. The smallest absolute Gasteiger partial charge is 0.240 e. The van der Waals surface area contributed by atoms with Crippen molar-refractivity contribution in [3.8, 4) is 16.9 Å². The van der Waals surface area contributed by atoms with E-state index < -0.39 is 10.0 Å². The van der Waals surface area contributed by atoms with Crippen LogP contribution in [0.15, 0.2) is 41.3 Å². The molecule has 4 rings (SSSR count). The van der Waals surface area contributed by atoms with Crippen molar-refractivity contribution in [1.29, 1.82) is 0 Å². The van der Waals surface area contributed by atoms with Crippen LogP contribution in [0.3, 0.4) is 0 Å². The number of likely N-dealkylation sites (tertiary alicyclic amines) is 2. The van der Waals surface area contributed by atoms with Gasteiger partial charge >= 0.3 is 0 Å². The quantitative estimate of drug-likeness (QED) is 0.393. The van der Waals surface area contributed by atoms with Gasteiger partial charge in [0.15, 0.2) is 0 Å². The van der Waals surface area contributed by atoms with Gasteiger partial charge < -0.3 is 19.8 Å². The molecule has 9 heteroatoms. The number of nitrogens with one attached hydrogen (secondary N) is 1. The van der Waals surface area contributed by atoms with Gasteiger partial charge in [0.05, 0.1) is 23.7 Å². The number of hydrogen-bond donors (Lipinski definition) is 3. The van der Waals surface area contributed by atoms with Crippen molar-refractivity contribution >= 4 is 10.0 Å². The first-order valence-electron chi connectivity index (χ1n) is 12.9. The molecule has 0 aliphatic carbocycles. The predicted octanol–water partition coefficient (Wildman–Crippen LogP) is 2.15. The molecule has 8 nitrogen and oxygen atoms in total. The van der Waals surface area contributed by atoms with Crippen LogP contribution < -0.4 is 9.46 Å². The van der Waals surface area contributed by atoms with Crippen LogP contribution in [-0.4, -0.2) is 93.1 Å². The fourth-order valence-electron chi connectivity index (χ4n) is 5.18. The van der Waals surface area contributed by atoms with Crippen LogP contribution in [-0.2, 0) is 10.0 Å². The Morgan fingerprint density at radius 2 is 1.53 bits per heavy atom. The lowest BCUT2D eigenvalue weighted by molar-refractivity contribution is 0.173. The van der Waals surface area contributed by atoms with E-state index in [4.69, 9.17) is 4.74 Å². The molecule has 2 aromatic carbocycles. The maximum atomic E-state index is 13.1. The molecule has 0 saturated carbocycles. The molecule has 0 amide bonds. The van der Waals surface area contributed by atoms with E-state index in [9.17, 15) is 18.6 Å². The van der Waals surface area contributed by atoms with E-state index in [0.29, 0.717) is 31.8 Å². The molecule has 2 unspecified atom stereocenters. The van der Waals surface area contributed by atoms with E-state index >= 15 is 0 Å². The Bertz CT molecular complexity index is 1140. The molecule has 0 radical (unpaired) electrons. The van der Waals surface area contributed by atoms with Gasteiger partial charge in [-0.15, -0.1) is 0 Å². The number of nitrogens with zero attached hydrogens (tertiary/aromatic N) is 2. The van der Waals surface area contributed by atoms with Crippen LogP contribution in [0.5, 0.6) is 5.75 Å². The Labute approximate surface area is 214 Å². The molecule has 2 aliphatic heterocycles. The second-order valence-corrected chi connectivity index (χ2v) is 11.7. The summed E-state index contributed by atoms with van der Waals surface area (Å²) in [6.45, 7) is 9.27. The van der Waals surface area contributed by atoms with Gasteiger partial charge in [-0.25, -0.2) is 13.1 Å². The van der Waals surface area contributed by atoms with Crippen molar-refractivity contribution in [2.75, 3.05) is 52.4 Å². The van der Waals surface area contributed by atoms with Crippen LogP contribution in [0.25, 0.3) is 11.1 Å². The van der Waals surface area contributed by atoms with Crippen LogP contribution in [0.2, 0.25) is 0 Å². The molecule has 2 aliphatic rings. The molecule has 2 atom stereocenters. The highest BCUT2D eigenvalue weighted by molar-refractivity contribution is 7.89. The first kappa shape index (κ1) is 27.0. The van der Waals surface area contributed by atoms with Crippen molar-refractivity contribution in [3.63, 3.8) is 0 Å². The van der Waals surface area contributed by atoms with E-state index in [0.717, 1.165) is 67.9 Å². The number of β-amino-alcohol motifs (C(OH)–C–C–N with tert-alkyl or cyclic N) is 2. The number of rotatable bonds is 11. The minimum Gasteiger partial charge on any atom is -0.493 e.